The predicted molar refractivity (Wildman–Crippen MR) is 194 cm³/mol. The van der Waals surface area contributed by atoms with Crippen LogP contribution in [0.4, 0.5) is 19.2 Å². The highest BCUT2D eigenvalue weighted by Gasteiger charge is 2.32. The molecule has 0 aliphatic carbocycles. The van der Waals surface area contributed by atoms with Gasteiger partial charge in [0.15, 0.2) is 16.6 Å². The van der Waals surface area contributed by atoms with Crippen LogP contribution in [0.3, 0.4) is 0 Å². The molecule has 0 radical (unpaired) electrons. The molecule has 4 amide bonds. The standard InChI is InChI=1S/C31H66N6O11Si2/c1-36(2)18-10-14-32-28(40)44-22-26(38)24-46-30(42)34-16-12-20-49(6,7)48-50(8,9)21-13-17-35-31(43)47-25-27(39)23-45-29(41)33-15-11-19-37(3,4)5/h26-27,38-39H,10-25H2,1-9H3,(H3-,32,33,34,35,40,41,42,43)/p+2. The summed E-state index contributed by atoms with van der Waals surface area (Å²) >= 11 is 0. The molecule has 0 aliphatic rings. The molecular weight excluding hydrogens is 689 g/mol. The summed E-state index contributed by atoms with van der Waals surface area (Å²) in [6.45, 7) is 10.9. The number of nitrogens with zero attached hydrogens (tertiary/aromatic N) is 1. The van der Waals surface area contributed by atoms with E-state index >= 15 is 0 Å². The molecule has 0 rings (SSSR count). The van der Waals surface area contributed by atoms with E-state index in [1.54, 1.807) is 0 Å². The van der Waals surface area contributed by atoms with Gasteiger partial charge in [-0.2, -0.15) is 0 Å². The Balaban J connectivity index is 4.05. The molecule has 2 atom stereocenters. The van der Waals surface area contributed by atoms with Gasteiger partial charge in [-0.1, -0.05) is 0 Å². The Morgan fingerprint density at radius 3 is 1.24 bits per heavy atom. The van der Waals surface area contributed by atoms with Crippen LogP contribution in [-0.4, -0.2) is 169 Å². The summed E-state index contributed by atoms with van der Waals surface area (Å²) in [5, 5.41) is 30.5. The average molecular weight is 757 g/mol. The highest BCUT2D eigenvalue weighted by atomic mass is 28.4. The summed E-state index contributed by atoms with van der Waals surface area (Å²) in [6.07, 6.45) is -1.83. The monoisotopic (exact) mass is 756 g/mol. The van der Waals surface area contributed by atoms with E-state index in [0.29, 0.717) is 39.0 Å². The number of hydrogen-bond donors (Lipinski definition) is 7. The van der Waals surface area contributed by atoms with Gasteiger partial charge in [0.2, 0.25) is 0 Å². The molecule has 2 unspecified atom stereocenters. The fourth-order valence-electron chi connectivity index (χ4n) is 4.62. The van der Waals surface area contributed by atoms with Gasteiger partial charge in [-0.05, 0) is 51.1 Å². The third-order valence-electron chi connectivity index (χ3n) is 7.03. The first-order valence-electron chi connectivity index (χ1n) is 17.5. The van der Waals surface area contributed by atoms with E-state index in [1.165, 1.54) is 4.90 Å². The molecule has 0 spiro atoms. The number of quaternary nitrogens is 2. The van der Waals surface area contributed by atoms with Gasteiger partial charge >= 0.3 is 24.4 Å². The quantitative estimate of drug-likeness (QED) is 0.0279. The molecule has 0 aliphatic heterocycles. The van der Waals surface area contributed by atoms with Crippen LogP contribution in [0, 0.1) is 0 Å². The van der Waals surface area contributed by atoms with E-state index in [4.69, 9.17) is 23.1 Å². The van der Waals surface area contributed by atoms with Gasteiger partial charge < -0.3 is 63.9 Å². The van der Waals surface area contributed by atoms with Crippen LogP contribution in [0.5, 0.6) is 0 Å². The zero-order valence-electron chi connectivity index (χ0n) is 32.0. The van der Waals surface area contributed by atoms with Crippen LogP contribution in [0.15, 0.2) is 0 Å². The molecule has 294 valence electrons. The fraction of sp³-hybridized carbons (Fsp3) is 0.871. The van der Waals surface area contributed by atoms with Crippen LogP contribution in [0.1, 0.15) is 25.7 Å². The van der Waals surface area contributed by atoms with Gasteiger partial charge in [-0.15, -0.1) is 0 Å². The number of nitrogens with one attached hydrogen (secondary N) is 5. The fourth-order valence-corrected chi connectivity index (χ4v) is 13.5. The minimum absolute atomic E-state index is 0.282. The lowest BCUT2D eigenvalue weighted by Gasteiger charge is -2.34. The zero-order valence-corrected chi connectivity index (χ0v) is 34.0. The first-order valence-corrected chi connectivity index (χ1v) is 23.7. The maximum Gasteiger partial charge on any atom is 0.407 e. The molecule has 7 N–H and O–H groups in total. The average Bonchev–Trinajstić information content (AvgIpc) is 3.00. The number of carbonyl (C=O) groups excluding carboxylic acids is 4. The topological polar surface area (TPSA) is 207 Å². The normalized spacial score (nSPS) is 13.2. The summed E-state index contributed by atoms with van der Waals surface area (Å²) in [7, 11) is 6.17. The minimum Gasteiger partial charge on any atom is -0.455 e. The summed E-state index contributed by atoms with van der Waals surface area (Å²) in [5.41, 5.74) is 0. The molecule has 0 saturated heterocycles. The molecule has 0 saturated carbocycles. The number of rotatable bonds is 26. The molecule has 0 bridgehead atoms. The summed E-state index contributed by atoms with van der Waals surface area (Å²) in [4.78, 5) is 48.7. The first-order chi connectivity index (χ1) is 23.2. The molecule has 0 aromatic carbocycles. The molecule has 0 heterocycles. The van der Waals surface area contributed by atoms with Crippen molar-refractivity contribution in [1.82, 2.24) is 21.3 Å². The lowest BCUT2D eigenvalue weighted by atomic mass is 10.4. The van der Waals surface area contributed by atoms with Crippen LogP contribution < -0.4 is 26.2 Å². The SMILES string of the molecule is C[NH+](C)CCCNC(=O)OCC(O)COC(=O)NCCC[Si](C)(C)O[Si](C)(C)CCCNC(=O)OCC(O)COC(=O)NCCC[N+](C)(C)C. The van der Waals surface area contributed by atoms with E-state index in [0.717, 1.165) is 42.5 Å². The van der Waals surface area contributed by atoms with Gasteiger partial charge in [0.1, 0.15) is 38.6 Å². The van der Waals surface area contributed by atoms with E-state index in [2.05, 4.69) is 68.6 Å². The molecule has 0 aromatic heterocycles. The molecule has 0 fully saturated rings. The summed E-state index contributed by atoms with van der Waals surface area (Å²) in [6, 6.07) is 1.64. The number of alkyl carbamates (subject to hydrolysis) is 4. The second-order valence-electron chi connectivity index (χ2n) is 14.9. The van der Waals surface area contributed by atoms with Crippen LogP contribution in [-0.2, 0) is 23.1 Å². The Bertz CT molecular complexity index is 987. The number of aliphatic hydroxyl groups is 2. The van der Waals surface area contributed by atoms with E-state index in [9.17, 15) is 29.4 Å². The summed E-state index contributed by atoms with van der Waals surface area (Å²) in [5.74, 6) is 0. The Morgan fingerprint density at radius 2 is 0.920 bits per heavy atom. The van der Waals surface area contributed by atoms with Gasteiger partial charge in [0.25, 0.3) is 0 Å². The van der Waals surface area contributed by atoms with E-state index in [-0.39, 0.29) is 26.4 Å². The molecule has 50 heavy (non-hydrogen) atoms. The van der Waals surface area contributed by atoms with Crippen molar-refractivity contribution in [3.63, 3.8) is 0 Å². The first kappa shape index (κ1) is 47.3. The minimum atomic E-state index is -2.04. The maximum absolute atomic E-state index is 12.0. The Morgan fingerprint density at radius 1 is 0.600 bits per heavy atom. The van der Waals surface area contributed by atoms with Crippen LogP contribution in [0.2, 0.25) is 38.3 Å². The van der Waals surface area contributed by atoms with Crippen LogP contribution in [0.25, 0.3) is 0 Å². The predicted octanol–water partition coefficient (Wildman–Crippen LogP) is 0.451. The van der Waals surface area contributed by atoms with Crippen molar-refractivity contribution in [2.75, 3.05) is 101 Å². The largest absolute Gasteiger partial charge is 0.455 e. The molecule has 0 aromatic rings. The van der Waals surface area contributed by atoms with Gasteiger partial charge in [-0.3, -0.25) is 0 Å². The van der Waals surface area contributed by atoms with E-state index in [1.807, 2.05) is 14.1 Å². The molecular formula is C31H68N6O11Si2+2. The lowest BCUT2D eigenvalue weighted by Crippen LogP contribution is -3.05. The van der Waals surface area contributed by atoms with Crippen molar-refractivity contribution in [3.8, 4) is 0 Å². The number of aliphatic hydroxyl groups excluding tert-OH is 2. The molecule has 17 nitrogen and oxygen atoms in total. The number of ether oxygens (including phenoxy) is 4. The van der Waals surface area contributed by atoms with Gasteiger partial charge in [0.05, 0.1) is 48.3 Å². The third-order valence-corrected chi connectivity index (χ3v) is 14.6. The number of amides is 4. The van der Waals surface area contributed by atoms with Gasteiger partial charge in [-0.25, -0.2) is 19.2 Å². The smallest absolute Gasteiger partial charge is 0.407 e. The van der Waals surface area contributed by atoms with Crippen molar-refractivity contribution < 1.29 is 61.8 Å². The Hall–Kier alpha value is -2.69. The lowest BCUT2D eigenvalue weighted by molar-refractivity contribution is -0.870. The Labute approximate surface area is 300 Å². The Kier molecular flexibility index (Phi) is 23.9. The second-order valence-corrected chi connectivity index (χ2v) is 23.8. The van der Waals surface area contributed by atoms with Crippen LogP contribution >= 0.6 is 0 Å². The number of hydrogen-bond acceptors (Lipinski definition) is 11. The number of carbonyl (C=O) groups is 4. The summed E-state index contributed by atoms with van der Waals surface area (Å²) < 4.78 is 27.3. The third kappa shape index (κ3) is 30.2. The van der Waals surface area contributed by atoms with E-state index < -0.39 is 53.2 Å². The maximum atomic E-state index is 12.0. The highest BCUT2D eigenvalue weighted by molar-refractivity contribution is 6.84. The van der Waals surface area contributed by atoms with Crippen molar-refractivity contribution >= 4 is 41.0 Å². The zero-order chi connectivity index (χ0) is 38.2. The highest BCUT2D eigenvalue weighted by Crippen LogP contribution is 2.23. The van der Waals surface area contributed by atoms with Crippen molar-refractivity contribution in [2.45, 2.75) is 76.2 Å². The van der Waals surface area contributed by atoms with Crippen molar-refractivity contribution in [1.29, 1.82) is 0 Å². The molecule has 19 heteroatoms. The second kappa shape index (κ2) is 25.3. The van der Waals surface area contributed by atoms with Gasteiger partial charge in [0, 0.05) is 39.0 Å². The van der Waals surface area contributed by atoms with Crippen molar-refractivity contribution in [3.05, 3.63) is 0 Å². The van der Waals surface area contributed by atoms with Crippen molar-refractivity contribution in [2.24, 2.45) is 0 Å².